The van der Waals surface area contributed by atoms with Crippen molar-refractivity contribution >= 4 is 46.7 Å². The maximum atomic E-state index is 13.7. The third-order valence-corrected chi connectivity index (χ3v) is 7.22. The van der Waals surface area contributed by atoms with Gasteiger partial charge in [0.1, 0.15) is 6.10 Å². The lowest BCUT2D eigenvalue weighted by molar-refractivity contribution is -0.145. The van der Waals surface area contributed by atoms with Crippen LogP contribution in [0.15, 0.2) is 42.5 Å². The van der Waals surface area contributed by atoms with Gasteiger partial charge < -0.3 is 19.6 Å². The molecule has 1 saturated heterocycles. The van der Waals surface area contributed by atoms with Crippen LogP contribution in [0.5, 0.6) is 0 Å². The molecule has 0 saturated carbocycles. The van der Waals surface area contributed by atoms with Crippen LogP contribution in [0.2, 0.25) is 10.0 Å². The molecular formula is C30H39Cl2N3O5. The van der Waals surface area contributed by atoms with Crippen molar-refractivity contribution in [3.8, 4) is 0 Å². The number of carbonyl (C=O) groups is 3. The van der Waals surface area contributed by atoms with Crippen LogP contribution in [0, 0.1) is 5.41 Å². The van der Waals surface area contributed by atoms with Crippen molar-refractivity contribution in [1.82, 2.24) is 9.80 Å². The summed E-state index contributed by atoms with van der Waals surface area (Å²) in [6, 6.07) is 12.1. The maximum absolute atomic E-state index is 13.7. The van der Waals surface area contributed by atoms with E-state index in [4.69, 9.17) is 27.9 Å². The predicted octanol–water partition coefficient (Wildman–Crippen LogP) is 4.94. The molecule has 3 rings (SSSR count). The number of amides is 2. The molecule has 8 nitrogen and oxygen atoms in total. The Morgan fingerprint density at radius 3 is 2.30 bits per heavy atom. The predicted molar refractivity (Wildman–Crippen MR) is 158 cm³/mol. The normalized spacial score (nSPS) is 15.0. The highest BCUT2D eigenvalue weighted by Gasteiger charge is 2.29. The Morgan fingerprint density at radius 1 is 1.00 bits per heavy atom. The number of esters is 1. The van der Waals surface area contributed by atoms with E-state index in [0.717, 1.165) is 0 Å². The Hall–Kier alpha value is -2.65. The second-order valence-corrected chi connectivity index (χ2v) is 12.0. The first kappa shape index (κ1) is 31.9. The van der Waals surface area contributed by atoms with E-state index in [2.05, 4.69) is 0 Å². The number of hydrogen-bond acceptors (Lipinski definition) is 6. The van der Waals surface area contributed by atoms with E-state index in [1.54, 1.807) is 59.2 Å². The molecule has 0 radical (unpaired) electrons. The molecule has 0 spiro atoms. The molecule has 1 heterocycles. The smallest absolute Gasteiger partial charge is 0.320 e. The number of carbonyl (C=O) groups excluding carboxylic acids is 3. The Balaban J connectivity index is 1.74. The van der Waals surface area contributed by atoms with Gasteiger partial charge in [0.15, 0.2) is 0 Å². The molecule has 1 unspecified atom stereocenters. The SMILES string of the molecule is CCOC(=O)CN1CCN(C(=O)CCC(=O)N(CC(C)(C)C)c2ccc(Cl)cc2C(O)c2ccccc2Cl)CC1. The van der Waals surface area contributed by atoms with E-state index in [-0.39, 0.29) is 42.6 Å². The Labute approximate surface area is 246 Å². The molecule has 2 aromatic rings. The van der Waals surface area contributed by atoms with Crippen molar-refractivity contribution < 1.29 is 24.2 Å². The number of ether oxygens (including phenoxy) is 1. The second-order valence-electron chi connectivity index (χ2n) is 11.1. The molecule has 1 fully saturated rings. The first-order chi connectivity index (χ1) is 18.9. The fourth-order valence-corrected chi connectivity index (χ4v) is 5.11. The lowest BCUT2D eigenvalue weighted by Crippen LogP contribution is -2.50. The highest BCUT2D eigenvalue weighted by molar-refractivity contribution is 6.31. The quantitative estimate of drug-likeness (QED) is 0.393. The van der Waals surface area contributed by atoms with Gasteiger partial charge in [-0.05, 0) is 36.6 Å². The Morgan fingerprint density at radius 2 is 1.68 bits per heavy atom. The summed E-state index contributed by atoms with van der Waals surface area (Å²) in [5.41, 5.74) is 1.23. The summed E-state index contributed by atoms with van der Waals surface area (Å²) >= 11 is 12.7. The number of rotatable bonds is 10. The first-order valence-corrected chi connectivity index (χ1v) is 14.3. The number of nitrogens with zero attached hydrogens (tertiary/aromatic N) is 3. The molecule has 2 aromatic carbocycles. The average molecular weight is 593 g/mol. The number of piperazine rings is 1. The lowest BCUT2D eigenvalue weighted by Gasteiger charge is -2.35. The topological polar surface area (TPSA) is 90.4 Å². The molecule has 1 aliphatic rings. The third-order valence-electron chi connectivity index (χ3n) is 6.64. The summed E-state index contributed by atoms with van der Waals surface area (Å²) in [6.45, 7) is 10.9. The first-order valence-electron chi connectivity index (χ1n) is 13.6. The van der Waals surface area contributed by atoms with Gasteiger partial charge in [-0.3, -0.25) is 19.3 Å². The zero-order valence-corrected chi connectivity index (χ0v) is 25.2. The molecule has 40 heavy (non-hydrogen) atoms. The number of benzene rings is 2. The fourth-order valence-electron chi connectivity index (χ4n) is 4.69. The van der Waals surface area contributed by atoms with Crippen LogP contribution in [0.25, 0.3) is 0 Å². The van der Waals surface area contributed by atoms with Gasteiger partial charge in [0, 0.05) is 72.4 Å². The van der Waals surface area contributed by atoms with Gasteiger partial charge in [-0.2, -0.15) is 0 Å². The second kappa shape index (κ2) is 14.3. The molecule has 0 bridgehead atoms. The summed E-state index contributed by atoms with van der Waals surface area (Å²) in [7, 11) is 0. The molecule has 0 aromatic heterocycles. The van der Waals surface area contributed by atoms with Gasteiger partial charge in [-0.1, -0.05) is 62.2 Å². The third kappa shape index (κ3) is 8.93. The van der Waals surface area contributed by atoms with Crippen LogP contribution < -0.4 is 4.90 Å². The van der Waals surface area contributed by atoms with Crippen molar-refractivity contribution in [2.45, 2.75) is 46.6 Å². The maximum Gasteiger partial charge on any atom is 0.320 e. The molecule has 1 N–H and O–H groups in total. The van der Waals surface area contributed by atoms with Crippen molar-refractivity contribution in [3.05, 3.63) is 63.6 Å². The van der Waals surface area contributed by atoms with E-state index in [0.29, 0.717) is 66.2 Å². The van der Waals surface area contributed by atoms with Crippen molar-refractivity contribution in [2.24, 2.45) is 5.41 Å². The van der Waals surface area contributed by atoms with Crippen LogP contribution in [0.4, 0.5) is 5.69 Å². The van der Waals surface area contributed by atoms with E-state index in [1.807, 2.05) is 25.7 Å². The van der Waals surface area contributed by atoms with Gasteiger partial charge in [0.05, 0.1) is 13.2 Å². The zero-order valence-electron chi connectivity index (χ0n) is 23.7. The summed E-state index contributed by atoms with van der Waals surface area (Å²) in [4.78, 5) is 43.7. The van der Waals surface area contributed by atoms with Crippen LogP contribution in [0.3, 0.4) is 0 Å². The molecule has 1 atom stereocenters. The molecule has 10 heteroatoms. The van der Waals surface area contributed by atoms with Crippen LogP contribution in [-0.2, 0) is 19.1 Å². The number of halogens is 2. The van der Waals surface area contributed by atoms with E-state index in [9.17, 15) is 19.5 Å². The molecule has 0 aliphatic carbocycles. The number of hydrogen-bond donors (Lipinski definition) is 1. The van der Waals surface area contributed by atoms with Crippen molar-refractivity contribution in [2.75, 3.05) is 50.8 Å². The summed E-state index contributed by atoms with van der Waals surface area (Å²) in [5.74, 6) is -0.598. The van der Waals surface area contributed by atoms with Gasteiger partial charge >= 0.3 is 5.97 Å². The minimum atomic E-state index is -1.11. The van der Waals surface area contributed by atoms with Gasteiger partial charge in [-0.25, -0.2) is 0 Å². The highest BCUT2D eigenvalue weighted by Crippen LogP contribution is 2.37. The number of anilines is 1. The largest absolute Gasteiger partial charge is 0.465 e. The standard InChI is InChI=1S/C30H39Cl2N3O5/c1-5-40-28(38)19-33-14-16-34(17-15-33)26(36)12-13-27(37)35(20-30(2,3)4)25-11-10-21(31)18-23(25)29(39)22-8-6-7-9-24(22)32/h6-11,18,29,39H,5,12-17,19-20H2,1-4H3. The minimum absolute atomic E-state index is 0.0161. The fraction of sp³-hybridized carbons (Fsp3) is 0.500. The highest BCUT2D eigenvalue weighted by atomic mass is 35.5. The van der Waals surface area contributed by atoms with Gasteiger partial charge in [-0.15, -0.1) is 0 Å². The number of aliphatic hydroxyl groups excluding tert-OH is 1. The monoisotopic (exact) mass is 591 g/mol. The van der Waals surface area contributed by atoms with Crippen LogP contribution in [-0.4, -0.2) is 78.6 Å². The summed E-state index contributed by atoms with van der Waals surface area (Å²) in [5, 5.41) is 12.2. The minimum Gasteiger partial charge on any atom is -0.465 e. The molecular weight excluding hydrogens is 553 g/mol. The zero-order chi connectivity index (χ0) is 29.4. The summed E-state index contributed by atoms with van der Waals surface area (Å²) < 4.78 is 5.00. The Bertz CT molecular complexity index is 1190. The van der Waals surface area contributed by atoms with Gasteiger partial charge in [0.25, 0.3) is 0 Å². The molecule has 218 valence electrons. The van der Waals surface area contributed by atoms with Crippen molar-refractivity contribution in [1.29, 1.82) is 0 Å². The lowest BCUT2D eigenvalue weighted by atomic mass is 9.93. The molecule has 1 aliphatic heterocycles. The van der Waals surface area contributed by atoms with Crippen LogP contribution >= 0.6 is 23.2 Å². The van der Waals surface area contributed by atoms with E-state index < -0.39 is 6.10 Å². The van der Waals surface area contributed by atoms with E-state index in [1.165, 1.54) is 0 Å². The Kier molecular flexibility index (Phi) is 11.4. The van der Waals surface area contributed by atoms with Crippen molar-refractivity contribution in [3.63, 3.8) is 0 Å². The summed E-state index contributed by atoms with van der Waals surface area (Å²) in [6.07, 6.45) is -1.03. The average Bonchev–Trinajstić information content (AvgIpc) is 2.90. The van der Waals surface area contributed by atoms with E-state index >= 15 is 0 Å². The molecule has 2 amide bonds. The van der Waals surface area contributed by atoms with Crippen LogP contribution in [0.1, 0.15) is 57.8 Å². The van der Waals surface area contributed by atoms with Gasteiger partial charge in [0.2, 0.25) is 11.8 Å². The number of aliphatic hydroxyl groups is 1.